The highest BCUT2D eigenvalue weighted by Gasteiger charge is 2.14. The summed E-state index contributed by atoms with van der Waals surface area (Å²) < 4.78 is 0. The van der Waals surface area contributed by atoms with E-state index in [1.807, 2.05) is 0 Å². The third kappa shape index (κ3) is 9.94. The van der Waals surface area contributed by atoms with Crippen LogP contribution in [0.25, 0.3) is 0 Å². The van der Waals surface area contributed by atoms with Crippen molar-refractivity contribution < 1.29 is 0 Å². The number of hydrogen-bond acceptors (Lipinski definition) is 1. The van der Waals surface area contributed by atoms with Crippen molar-refractivity contribution >= 4 is 0 Å². The predicted molar refractivity (Wildman–Crippen MR) is 84.1 cm³/mol. The minimum absolute atomic E-state index is 0.929. The molecule has 1 N–H and O–H groups in total. The molecule has 0 radical (unpaired) electrons. The number of nitrogens with one attached hydrogen (secondary N) is 1. The van der Waals surface area contributed by atoms with E-state index in [0.717, 1.165) is 18.4 Å². The Morgan fingerprint density at radius 3 is 2.17 bits per heavy atom. The normalized spacial score (nSPS) is 14.7. The Balaban J connectivity index is 3.58. The molecular weight excluding hydrogens is 218 g/mol. The molecule has 0 aromatic rings. The molecular formula is C17H37N. The van der Waals surface area contributed by atoms with Gasteiger partial charge in [0.05, 0.1) is 0 Å². The van der Waals surface area contributed by atoms with Crippen molar-refractivity contribution in [3.63, 3.8) is 0 Å². The van der Waals surface area contributed by atoms with E-state index in [1.54, 1.807) is 0 Å². The highest BCUT2D eigenvalue weighted by molar-refractivity contribution is 4.66. The molecule has 0 saturated carbocycles. The second-order valence-corrected chi connectivity index (χ2v) is 5.84. The molecule has 0 aromatic heterocycles. The van der Waals surface area contributed by atoms with E-state index in [4.69, 9.17) is 0 Å². The standard InChI is InChI=1S/C17H37N/c1-5-8-9-10-14-17(6-2)16(4)13-11-12-15-18-7-3/h16-18H,5-15H2,1-4H3. The van der Waals surface area contributed by atoms with Crippen molar-refractivity contribution in [3.05, 3.63) is 0 Å². The van der Waals surface area contributed by atoms with Crippen molar-refractivity contribution in [2.45, 2.75) is 85.5 Å². The Kier molecular flexibility index (Phi) is 13.4. The van der Waals surface area contributed by atoms with Gasteiger partial charge in [0.15, 0.2) is 0 Å². The van der Waals surface area contributed by atoms with Gasteiger partial charge in [-0.1, -0.05) is 79.1 Å². The van der Waals surface area contributed by atoms with Crippen LogP contribution in [0.3, 0.4) is 0 Å². The predicted octanol–water partition coefficient (Wildman–Crippen LogP) is 5.40. The topological polar surface area (TPSA) is 12.0 Å². The van der Waals surface area contributed by atoms with Gasteiger partial charge >= 0.3 is 0 Å². The average molecular weight is 255 g/mol. The van der Waals surface area contributed by atoms with E-state index in [1.165, 1.54) is 64.3 Å². The number of unbranched alkanes of at least 4 members (excludes halogenated alkanes) is 4. The van der Waals surface area contributed by atoms with Crippen LogP contribution in [0.15, 0.2) is 0 Å². The highest BCUT2D eigenvalue weighted by Crippen LogP contribution is 2.26. The lowest BCUT2D eigenvalue weighted by Crippen LogP contribution is -2.15. The fraction of sp³-hybridized carbons (Fsp3) is 1.00. The van der Waals surface area contributed by atoms with Crippen LogP contribution >= 0.6 is 0 Å². The number of hydrogen-bond donors (Lipinski definition) is 1. The van der Waals surface area contributed by atoms with Crippen LogP contribution in [0.4, 0.5) is 0 Å². The molecule has 110 valence electrons. The van der Waals surface area contributed by atoms with E-state index in [9.17, 15) is 0 Å². The quantitative estimate of drug-likeness (QED) is 0.435. The second kappa shape index (κ2) is 13.4. The van der Waals surface area contributed by atoms with Crippen molar-refractivity contribution in [3.8, 4) is 0 Å². The minimum Gasteiger partial charge on any atom is -0.317 e. The van der Waals surface area contributed by atoms with Gasteiger partial charge in [-0.15, -0.1) is 0 Å². The molecule has 1 nitrogen and oxygen atoms in total. The number of rotatable bonds is 13. The van der Waals surface area contributed by atoms with Crippen molar-refractivity contribution in [2.75, 3.05) is 13.1 Å². The fourth-order valence-corrected chi connectivity index (χ4v) is 2.85. The summed E-state index contributed by atoms with van der Waals surface area (Å²) >= 11 is 0. The van der Waals surface area contributed by atoms with Crippen LogP contribution in [0, 0.1) is 11.8 Å². The molecule has 0 amide bonds. The maximum Gasteiger partial charge on any atom is -0.00490 e. The molecule has 0 fully saturated rings. The SMILES string of the molecule is CCCCCCC(CC)C(C)CCCCNCC. The zero-order valence-corrected chi connectivity index (χ0v) is 13.4. The molecule has 2 atom stereocenters. The molecule has 2 unspecified atom stereocenters. The highest BCUT2D eigenvalue weighted by atomic mass is 14.8. The third-order valence-electron chi connectivity index (χ3n) is 4.27. The molecule has 0 saturated heterocycles. The van der Waals surface area contributed by atoms with Crippen molar-refractivity contribution in [1.82, 2.24) is 5.32 Å². The molecule has 1 heteroatoms. The summed E-state index contributed by atoms with van der Waals surface area (Å²) in [6.45, 7) is 11.7. The van der Waals surface area contributed by atoms with E-state index in [2.05, 4.69) is 33.0 Å². The first kappa shape index (κ1) is 18.0. The summed E-state index contributed by atoms with van der Waals surface area (Å²) in [7, 11) is 0. The summed E-state index contributed by atoms with van der Waals surface area (Å²) in [6.07, 6.45) is 12.7. The zero-order valence-electron chi connectivity index (χ0n) is 13.4. The average Bonchev–Trinajstić information content (AvgIpc) is 2.38. The largest absolute Gasteiger partial charge is 0.317 e. The van der Waals surface area contributed by atoms with Crippen molar-refractivity contribution in [2.24, 2.45) is 11.8 Å². The van der Waals surface area contributed by atoms with Gasteiger partial charge in [0.25, 0.3) is 0 Å². The lowest BCUT2D eigenvalue weighted by molar-refractivity contribution is 0.292. The Hall–Kier alpha value is -0.0400. The molecule has 0 aliphatic carbocycles. The van der Waals surface area contributed by atoms with E-state index >= 15 is 0 Å². The summed E-state index contributed by atoms with van der Waals surface area (Å²) in [5.74, 6) is 1.90. The van der Waals surface area contributed by atoms with Crippen LogP contribution < -0.4 is 5.32 Å². The lowest BCUT2D eigenvalue weighted by Gasteiger charge is -2.22. The Bertz CT molecular complexity index is 156. The van der Waals surface area contributed by atoms with Crippen molar-refractivity contribution in [1.29, 1.82) is 0 Å². The molecule has 18 heavy (non-hydrogen) atoms. The fourth-order valence-electron chi connectivity index (χ4n) is 2.85. The Morgan fingerprint density at radius 1 is 0.833 bits per heavy atom. The molecule has 0 aliphatic rings. The maximum absolute atomic E-state index is 3.41. The van der Waals surface area contributed by atoms with E-state index in [-0.39, 0.29) is 0 Å². The van der Waals surface area contributed by atoms with Gasteiger partial charge in [-0.3, -0.25) is 0 Å². The van der Waals surface area contributed by atoms with E-state index in [0.29, 0.717) is 0 Å². The van der Waals surface area contributed by atoms with Gasteiger partial charge < -0.3 is 5.32 Å². The lowest BCUT2D eigenvalue weighted by atomic mass is 9.84. The smallest absolute Gasteiger partial charge is 0.00490 e. The maximum atomic E-state index is 3.41. The molecule has 0 bridgehead atoms. The molecule has 0 aliphatic heterocycles. The third-order valence-corrected chi connectivity index (χ3v) is 4.27. The van der Waals surface area contributed by atoms with Crippen LogP contribution in [0.2, 0.25) is 0 Å². The summed E-state index contributed by atoms with van der Waals surface area (Å²) in [6, 6.07) is 0. The monoisotopic (exact) mass is 255 g/mol. The van der Waals surface area contributed by atoms with Gasteiger partial charge in [0.2, 0.25) is 0 Å². The van der Waals surface area contributed by atoms with E-state index < -0.39 is 0 Å². The van der Waals surface area contributed by atoms with Gasteiger partial charge in [-0.2, -0.15) is 0 Å². The van der Waals surface area contributed by atoms with Crippen LogP contribution in [-0.4, -0.2) is 13.1 Å². The second-order valence-electron chi connectivity index (χ2n) is 5.84. The first-order valence-corrected chi connectivity index (χ1v) is 8.46. The van der Waals surface area contributed by atoms with Gasteiger partial charge in [-0.25, -0.2) is 0 Å². The summed E-state index contributed by atoms with van der Waals surface area (Å²) in [5, 5.41) is 3.41. The molecule has 0 heterocycles. The first-order chi connectivity index (χ1) is 8.76. The molecule has 0 spiro atoms. The minimum atomic E-state index is 0.929. The van der Waals surface area contributed by atoms with Crippen LogP contribution in [-0.2, 0) is 0 Å². The van der Waals surface area contributed by atoms with Crippen LogP contribution in [0.5, 0.6) is 0 Å². The zero-order chi connectivity index (χ0) is 13.6. The van der Waals surface area contributed by atoms with Gasteiger partial charge in [-0.05, 0) is 31.3 Å². The first-order valence-electron chi connectivity index (χ1n) is 8.46. The molecule has 0 aromatic carbocycles. The molecule has 0 rings (SSSR count). The summed E-state index contributed by atoms with van der Waals surface area (Å²) in [5.41, 5.74) is 0. The Morgan fingerprint density at radius 2 is 1.56 bits per heavy atom. The van der Waals surface area contributed by atoms with Gasteiger partial charge in [0.1, 0.15) is 0 Å². The van der Waals surface area contributed by atoms with Gasteiger partial charge in [0, 0.05) is 0 Å². The van der Waals surface area contributed by atoms with Crippen LogP contribution in [0.1, 0.15) is 85.5 Å². The summed E-state index contributed by atoms with van der Waals surface area (Å²) in [4.78, 5) is 0. The Labute approximate surface area is 116 Å².